The normalized spacial score (nSPS) is 17.0. The van der Waals surface area contributed by atoms with Crippen molar-refractivity contribution in [3.8, 4) is 5.75 Å². The summed E-state index contributed by atoms with van der Waals surface area (Å²) in [4.78, 5) is 0. The summed E-state index contributed by atoms with van der Waals surface area (Å²) in [6.45, 7) is 2.95. The van der Waals surface area contributed by atoms with Crippen molar-refractivity contribution in [2.24, 2.45) is 0 Å². The summed E-state index contributed by atoms with van der Waals surface area (Å²) < 4.78 is 11.2. The summed E-state index contributed by atoms with van der Waals surface area (Å²) in [5.41, 5.74) is 1.23. The van der Waals surface area contributed by atoms with Gasteiger partial charge in [0.25, 0.3) is 0 Å². The van der Waals surface area contributed by atoms with E-state index in [2.05, 4.69) is 11.4 Å². The van der Waals surface area contributed by atoms with Crippen molar-refractivity contribution in [3.05, 3.63) is 29.8 Å². The van der Waals surface area contributed by atoms with Gasteiger partial charge >= 0.3 is 0 Å². The first-order valence-corrected chi connectivity index (χ1v) is 6.34. The van der Waals surface area contributed by atoms with E-state index in [0.717, 1.165) is 44.7 Å². The van der Waals surface area contributed by atoms with E-state index in [1.54, 1.807) is 7.11 Å². The lowest BCUT2D eigenvalue weighted by molar-refractivity contribution is 0.0347. The van der Waals surface area contributed by atoms with E-state index in [1.807, 2.05) is 18.2 Å². The molecule has 1 aromatic rings. The first-order valence-electron chi connectivity index (χ1n) is 6.34. The number of methoxy groups -OCH3 is 1. The zero-order valence-electron chi connectivity index (χ0n) is 10.4. The molecule has 0 radical (unpaired) electrons. The fourth-order valence-corrected chi connectivity index (χ4v) is 2.21. The Bertz CT molecular complexity index is 335. The van der Waals surface area contributed by atoms with E-state index in [-0.39, 0.29) is 0 Å². The maximum atomic E-state index is 5.89. The Hall–Kier alpha value is -1.06. The summed E-state index contributed by atoms with van der Waals surface area (Å²) in [7, 11) is 1.71. The molecule has 3 heteroatoms. The summed E-state index contributed by atoms with van der Waals surface area (Å²) in [5, 5.41) is 3.34. The first-order chi connectivity index (χ1) is 8.40. The molecule has 1 saturated heterocycles. The molecule has 17 heavy (non-hydrogen) atoms. The van der Waals surface area contributed by atoms with Crippen LogP contribution >= 0.6 is 0 Å². The maximum absolute atomic E-state index is 5.89. The van der Waals surface area contributed by atoms with Gasteiger partial charge in [-0.05, 0) is 44.0 Å². The molecule has 0 aromatic heterocycles. The van der Waals surface area contributed by atoms with Gasteiger partial charge in [-0.15, -0.1) is 0 Å². The third kappa shape index (κ3) is 3.72. The lowest BCUT2D eigenvalue weighted by Gasteiger charge is -2.23. The number of hydrogen-bond acceptors (Lipinski definition) is 3. The average Bonchev–Trinajstić information content (AvgIpc) is 2.40. The van der Waals surface area contributed by atoms with Gasteiger partial charge in [0.2, 0.25) is 0 Å². The second-order valence-electron chi connectivity index (χ2n) is 4.38. The van der Waals surface area contributed by atoms with Gasteiger partial charge in [-0.25, -0.2) is 0 Å². The molecule has 3 nitrogen and oxygen atoms in total. The quantitative estimate of drug-likeness (QED) is 0.847. The second kappa shape index (κ2) is 6.62. The van der Waals surface area contributed by atoms with Crippen LogP contribution in [0.15, 0.2) is 24.3 Å². The molecule has 0 saturated carbocycles. The Morgan fingerprint density at radius 2 is 2.00 bits per heavy atom. The Labute approximate surface area is 103 Å². The van der Waals surface area contributed by atoms with Crippen molar-refractivity contribution in [2.45, 2.75) is 25.4 Å². The van der Waals surface area contributed by atoms with Crippen molar-refractivity contribution in [3.63, 3.8) is 0 Å². The summed E-state index contributed by atoms with van der Waals surface area (Å²) in [5.74, 6) is 0.960. The third-order valence-corrected chi connectivity index (χ3v) is 3.20. The van der Waals surface area contributed by atoms with E-state index in [1.165, 1.54) is 5.56 Å². The highest BCUT2D eigenvalue weighted by Gasteiger charge is 2.13. The van der Waals surface area contributed by atoms with E-state index in [0.29, 0.717) is 6.10 Å². The van der Waals surface area contributed by atoms with Gasteiger partial charge < -0.3 is 14.8 Å². The fraction of sp³-hybridized carbons (Fsp3) is 0.571. The van der Waals surface area contributed by atoms with Crippen LogP contribution in [0.25, 0.3) is 0 Å². The number of benzene rings is 1. The molecule has 0 aliphatic carbocycles. The van der Waals surface area contributed by atoms with Gasteiger partial charge in [-0.3, -0.25) is 0 Å². The van der Waals surface area contributed by atoms with Gasteiger partial charge in [0, 0.05) is 0 Å². The van der Waals surface area contributed by atoms with E-state index in [4.69, 9.17) is 9.47 Å². The smallest absolute Gasteiger partial charge is 0.122 e. The molecule has 0 unspecified atom stereocenters. The molecule has 0 atom stereocenters. The van der Waals surface area contributed by atoms with Crippen molar-refractivity contribution < 1.29 is 9.47 Å². The van der Waals surface area contributed by atoms with Gasteiger partial charge in [0.1, 0.15) is 5.75 Å². The molecule has 1 aliphatic heterocycles. The van der Waals surface area contributed by atoms with Crippen LogP contribution < -0.4 is 10.1 Å². The van der Waals surface area contributed by atoms with Crippen LogP contribution in [0.3, 0.4) is 0 Å². The molecular formula is C14H21NO2. The monoisotopic (exact) mass is 235 g/mol. The van der Waals surface area contributed by atoms with Gasteiger partial charge in [-0.1, -0.05) is 18.2 Å². The highest BCUT2D eigenvalue weighted by atomic mass is 16.5. The average molecular weight is 235 g/mol. The summed E-state index contributed by atoms with van der Waals surface area (Å²) in [6, 6.07) is 8.14. The maximum Gasteiger partial charge on any atom is 0.122 e. The Morgan fingerprint density at radius 1 is 1.24 bits per heavy atom. The topological polar surface area (TPSA) is 30.5 Å². The predicted molar refractivity (Wildman–Crippen MR) is 68.5 cm³/mol. The number of ether oxygens (including phenoxy) is 2. The lowest BCUT2D eigenvalue weighted by atomic mass is 10.1. The van der Waals surface area contributed by atoms with E-state index in [9.17, 15) is 0 Å². The van der Waals surface area contributed by atoms with Crippen molar-refractivity contribution >= 4 is 0 Å². The minimum absolute atomic E-state index is 0.436. The molecule has 0 bridgehead atoms. The summed E-state index contributed by atoms with van der Waals surface area (Å²) in [6.07, 6.45) is 3.62. The largest absolute Gasteiger partial charge is 0.496 e. The van der Waals surface area contributed by atoms with Crippen LogP contribution in [-0.2, 0) is 11.2 Å². The van der Waals surface area contributed by atoms with Crippen LogP contribution in [0.2, 0.25) is 0 Å². The summed E-state index contributed by atoms with van der Waals surface area (Å²) >= 11 is 0. The van der Waals surface area contributed by atoms with Gasteiger partial charge in [0.15, 0.2) is 0 Å². The molecule has 2 rings (SSSR count). The number of piperidine rings is 1. The van der Waals surface area contributed by atoms with Gasteiger partial charge in [0.05, 0.1) is 19.8 Å². The van der Waals surface area contributed by atoms with Crippen molar-refractivity contribution in [1.82, 2.24) is 5.32 Å². The lowest BCUT2D eigenvalue weighted by Crippen LogP contribution is -2.32. The molecule has 1 aromatic carbocycles. The molecule has 1 heterocycles. The molecule has 1 aliphatic rings. The second-order valence-corrected chi connectivity index (χ2v) is 4.38. The highest BCUT2D eigenvalue weighted by molar-refractivity contribution is 5.33. The molecule has 0 spiro atoms. The van der Waals surface area contributed by atoms with Crippen LogP contribution in [0.1, 0.15) is 18.4 Å². The Kier molecular flexibility index (Phi) is 4.83. The Morgan fingerprint density at radius 3 is 2.76 bits per heavy atom. The van der Waals surface area contributed by atoms with Crippen molar-refractivity contribution in [2.75, 3.05) is 26.8 Å². The number of para-hydroxylation sites is 1. The minimum Gasteiger partial charge on any atom is -0.496 e. The zero-order chi connectivity index (χ0) is 11.9. The number of rotatable bonds is 5. The standard InChI is InChI=1S/C14H21NO2/c1-16-14-5-3-2-4-12(14)8-11-17-13-6-9-15-10-7-13/h2-5,13,15H,6-11H2,1H3. The number of nitrogens with one attached hydrogen (secondary N) is 1. The molecule has 0 amide bonds. The number of hydrogen-bond donors (Lipinski definition) is 1. The Balaban J connectivity index is 1.77. The van der Waals surface area contributed by atoms with E-state index < -0.39 is 0 Å². The predicted octanol–water partition coefficient (Wildman–Crippen LogP) is 2.01. The van der Waals surface area contributed by atoms with Crippen LogP contribution in [0, 0.1) is 0 Å². The molecule has 1 fully saturated rings. The fourth-order valence-electron chi connectivity index (χ4n) is 2.21. The molecule has 94 valence electrons. The minimum atomic E-state index is 0.436. The van der Waals surface area contributed by atoms with Crippen LogP contribution in [-0.4, -0.2) is 32.9 Å². The van der Waals surface area contributed by atoms with Gasteiger partial charge in [-0.2, -0.15) is 0 Å². The first kappa shape index (κ1) is 12.4. The van der Waals surface area contributed by atoms with Crippen LogP contribution in [0.5, 0.6) is 5.75 Å². The van der Waals surface area contributed by atoms with E-state index >= 15 is 0 Å². The zero-order valence-corrected chi connectivity index (χ0v) is 10.4. The third-order valence-electron chi connectivity index (χ3n) is 3.20. The van der Waals surface area contributed by atoms with Crippen LogP contribution in [0.4, 0.5) is 0 Å². The molecular weight excluding hydrogens is 214 g/mol. The SMILES string of the molecule is COc1ccccc1CCOC1CCNCC1. The van der Waals surface area contributed by atoms with Crippen molar-refractivity contribution in [1.29, 1.82) is 0 Å². The molecule has 1 N–H and O–H groups in total. The highest BCUT2D eigenvalue weighted by Crippen LogP contribution is 2.18.